The Morgan fingerprint density at radius 1 is 1.42 bits per heavy atom. The molecule has 0 fully saturated rings. The Labute approximate surface area is 74.0 Å². The van der Waals surface area contributed by atoms with Crippen molar-refractivity contribution in [2.75, 3.05) is 0 Å². The summed E-state index contributed by atoms with van der Waals surface area (Å²) in [5.41, 5.74) is 0. The van der Waals surface area contributed by atoms with Crippen LogP contribution >= 0.6 is 11.6 Å². The van der Waals surface area contributed by atoms with Crippen LogP contribution in [0.3, 0.4) is 0 Å². The van der Waals surface area contributed by atoms with Crippen LogP contribution in [0.25, 0.3) is 11.5 Å². The molecule has 0 aliphatic carbocycles. The SMILES string of the molecule is ClCc1ncc(-c2ccco2)o1. The molecule has 0 aliphatic rings. The third-order valence-electron chi connectivity index (χ3n) is 1.43. The van der Waals surface area contributed by atoms with E-state index in [1.54, 1.807) is 24.6 Å². The number of nitrogens with zero attached hydrogens (tertiary/aromatic N) is 1. The molecule has 0 unspecified atom stereocenters. The molecule has 2 heterocycles. The number of aromatic nitrogens is 1. The van der Waals surface area contributed by atoms with Crippen LogP contribution in [-0.4, -0.2) is 4.98 Å². The summed E-state index contributed by atoms with van der Waals surface area (Å²) < 4.78 is 10.3. The lowest BCUT2D eigenvalue weighted by molar-refractivity contribution is 0.496. The standard InChI is InChI=1S/C8H6ClNO2/c9-4-8-10-5-7(12-8)6-2-1-3-11-6/h1-3,5H,4H2. The highest BCUT2D eigenvalue weighted by Gasteiger charge is 2.06. The molecule has 3 nitrogen and oxygen atoms in total. The average Bonchev–Trinajstić information content (AvgIpc) is 2.75. The molecular weight excluding hydrogens is 178 g/mol. The van der Waals surface area contributed by atoms with E-state index in [0.717, 1.165) is 0 Å². The predicted molar refractivity (Wildman–Crippen MR) is 43.8 cm³/mol. The number of rotatable bonds is 2. The predicted octanol–water partition coefficient (Wildman–Crippen LogP) is 2.67. The second-order valence-electron chi connectivity index (χ2n) is 2.23. The third kappa shape index (κ3) is 1.23. The second-order valence-corrected chi connectivity index (χ2v) is 2.50. The highest BCUT2D eigenvalue weighted by atomic mass is 35.5. The molecule has 0 bridgehead atoms. The van der Waals surface area contributed by atoms with E-state index in [4.69, 9.17) is 20.4 Å². The van der Waals surface area contributed by atoms with Crippen molar-refractivity contribution >= 4 is 11.6 Å². The molecular formula is C8H6ClNO2. The largest absolute Gasteiger partial charge is 0.461 e. The van der Waals surface area contributed by atoms with Crippen LogP contribution in [0, 0.1) is 0 Å². The van der Waals surface area contributed by atoms with E-state index in [1.807, 2.05) is 0 Å². The zero-order valence-corrected chi connectivity index (χ0v) is 6.91. The van der Waals surface area contributed by atoms with Crippen LogP contribution < -0.4 is 0 Å². The maximum Gasteiger partial charge on any atom is 0.210 e. The first-order valence-corrected chi connectivity index (χ1v) is 3.98. The Morgan fingerprint density at radius 3 is 2.92 bits per heavy atom. The minimum Gasteiger partial charge on any atom is -0.461 e. The number of alkyl halides is 1. The van der Waals surface area contributed by atoms with E-state index in [0.29, 0.717) is 17.4 Å². The topological polar surface area (TPSA) is 39.2 Å². The van der Waals surface area contributed by atoms with Gasteiger partial charge in [-0.15, -0.1) is 11.6 Å². The van der Waals surface area contributed by atoms with Crippen LogP contribution in [0.1, 0.15) is 5.89 Å². The van der Waals surface area contributed by atoms with Gasteiger partial charge >= 0.3 is 0 Å². The zero-order valence-electron chi connectivity index (χ0n) is 6.16. The second kappa shape index (κ2) is 3.03. The molecule has 0 N–H and O–H groups in total. The van der Waals surface area contributed by atoms with Gasteiger partial charge in [-0.3, -0.25) is 0 Å². The number of hydrogen-bond donors (Lipinski definition) is 0. The fourth-order valence-electron chi connectivity index (χ4n) is 0.905. The van der Waals surface area contributed by atoms with E-state index >= 15 is 0 Å². The smallest absolute Gasteiger partial charge is 0.210 e. The molecule has 0 atom stereocenters. The Morgan fingerprint density at radius 2 is 2.33 bits per heavy atom. The van der Waals surface area contributed by atoms with Crippen LogP contribution in [-0.2, 0) is 5.88 Å². The lowest BCUT2D eigenvalue weighted by Crippen LogP contribution is -1.70. The maximum atomic E-state index is 5.51. The minimum absolute atomic E-state index is 0.278. The van der Waals surface area contributed by atoms with Crippen molar-refractivity contribution in [1.82, 2.24) is 4.98 Å². The molecule has 0 saturated carbocycles. The summed E-state index contributed by atoms with van der Waals surface area (Å²) in [6.07, 6.45) is 3.18. The van der Waals surface area contributed by atoms with Crippen molar-refractivity contribution in [2.24, 2.45) is 0 Å². The molecule has 2 aromatic heterocycles. The molecule has 2 rings (SSSR count). The lowest BCUT2D eigenvalue weighted by atomic mass is 10.4. The molecule has 0 aliphatic heterocycles. The number of furan rings is 1. The zero-order chi connectivity index (χ0) is 8.39. The van der Waals surface area contributed by atoms with Gasteiger partial charge in [-0.2, -0.15) is 0 Å². The van der Waals surface area contributed by atoms with Crippen molar-refractivity contribution in [2.45, 2.75) is 5.88 Å². The molecule has 0 radical (unpaired) electrons. The number of oxazole rings is 1. The minimum atomic E-state index is 0.278. The summed E-state index contributed by atoms with van der Waals surface area (Å²) in [6, 6.07) is 3.59. The summed E-state index contributed by atoms with van der Waals surface area (Å²) in [6.45, 7) is 0. The van der Waals surface area contributed by atoms with E-state index < -0.39 is 0 Å². The summed E-state index contributed by atoms with van der Waals surface area (Å²) in [4.78, 5) is 3.93. The fourth-order valence-corrected chi connectivity index (χ4v) is 1.03. The first-order valence-electron chi connectivity index (χ1n) is 3.44. The Hall–Kier alpha value is -1.22. The first kappa shape index (κ1) is 7.43. The summed E-state index contributed by atoms with van der Waals surface area (Å²) in [5, 5.41) is 0. The molecule has 12 heavy (non-hydrogen) atoms. The van der Waals surface area contributed by atoms with E-state index in [1.165, 1.54) is 0 Å². The van der Waals surface area contributed by atoms with Crippen molar-refractivity contribution < 1.29 is 8.83 Å². The summed E-state index contributed by atoms with van der Waals surface area (Å²) >= 11 is 5.51. The van der Waals surface area contributed by atoms with Gasteiger partial charge in [0.15, 0.2) is 11.5 Å². The van der Waals surface area contributed by atoms with Crippen LogP contribution in [0.5, 0.6) is 0 Å². The van der Waals surface area contributed by atoms with E-state index in [9.17, 15) is 0 Å². The highest BCUT2D eigenvalue weighted by Crippen LogP contribution is 2.20. The lowest BCUT2D eigenvalue weighted by Gasteiger charge is -1.86. The molecule has 4 heteroatoms. The van der Waals surface area contributed by atoms with Gasteiger partial charge in [0.25, 0.3) is 0 Å². The fraction of sp³-hybridized carbons (Fsp3) is 0.125. The van der Waals surface area contributed by atoms with Gasteiger partial charge in [0.05, 0.1) is 18.3 Å². The molecule has 0 saturated heterocycles. The van der Waals surface area contributed by atoms with Crippen LogP contribution in [0.4, 0.5) is 0 Å². The molecule has 0 spiro atoms. The van der Waals surface area contributed by atoms with Gasteiger partial charge in [0.1, 0.15) is 0 Å². The molecule has 0 aromatic carbocycles. The van der Waals surface area contributed by atoms with Crippen molar-refractivity contribution in [3.05, 3.63) is 30.5 Å². The van der Waals surface area contributed by atoms with Crippen molar-refractivity contribution in [3.63, 3.8) is 0 Å². The monoisotopic (exact) mass is 183 g/mol. The Kier molecular flexibility index (Phi) is 1.87. The van der Waals surface area contributed by atoms with Gasteiger partial charge in [-0.1, -0.05) is 0 Å². The van der Waals surface area contributed by atoms with Gasteiger partial charge in [-0.05, 0) is 12.1 Å². The van der Waals surface area contributed by atoms with Gasteiger partial charge in [0, 0.05) is 0 Å². The third-order valence-corrected chi connectivity index (χ3v) is 1.66. The summed E-state index contributed by atoms with van der Waals surface area (Å²) in [5.74, 6) is 2.05. The van der Waals surface area contributed by atoms with Crippen LogP contribution in [0.2, 0.25) is 0 Å². The number of halogens is 1. The van der Waals surface area contributed by atoms with E-state index in [-0.39, 0.29) is 5.88 Å². The normalized spacial score (nSPS) is 10.4. The van der Waals surface area contributed by atoms with E-state index in [2.05, 4.69) is 4.98 Å². The first-order chi connectivity index (χ1) is 5.90. The molecule has 0 amide bonds. The number of hydrogen-bond acceptors (Lipinski definition) is 3. The Balaban J connectivity index is 2.35. The summed E-state index contributed by atoms with van der Waals surface area (Å²) in [7, 11) is 0. The Bertz CT molecular complexity index is 353. The molecule has 2 aromatic rings. The van der Waals surface area contributed by atoms with Gasteiger partial charge in [-0.25, -0.2) is 4.98 Å². The molecule has 62 valence electrons. The van der Waals surface area contributed by atoms with Crippen molar-refractivity contribution in [1.29, 1.82) is 0 Å². The highest BCUT2D eigenvalue weighted by molar-refractivity contribution is 6.16. The van der Waals surface area contributed by atoms with Crippen molar-refractivity contribution in [3.8, 4) is 11.5 Å². The quantitative estimate of drug-likeness (QED) is 0.672. The van der Waals surface area contributed by atoms with Gasteiger partial charge < -0.3 is 8.83 Å². The maximum absolute atomic E-state index is 5.51. The average molecular weight is 184 g/mol. The van der Waals surface area contributed by atoms with Crippen LogP contribution in [0.15, 0.2) is 33.4 Å². The van der Waals surface area contributed by atoms with Gasteiger partial charge in [0.2, 0.25) is 5.89 Å².